The van der Waals surface area contributed by atoms with E-state index in [0.29, 0.717) is 22.3 Å². The third-order valence-electron chi connectivity index (χ3n) is 5.88. The molecule has 3 atom stereocenters. The number of fused-ring (bicyclic) bond motifs is 1. The van der Waals surface area contributed by atoms with Gasteiger partial charge in [0.15, 0.2) is 5.69 Å². The van der Waals surface area contributed by atoms with Gasteiger partial charge in [-0.15, -0.1) is 0 Å². The number of anilines is 1. The molecule has 1 aromatic heterocycles. The van der Waals surface area contributed by atoms with Crippen molar-refractivity contribution >= 4 is 28.6 Å². The van der Waals surface area contributed by atoms with Gasteiger partial charge in [-0.05, 0) is 54.8 Å². The molecular weight excluding hydrogens is 470 g/mol. The molecule has 36 heavy (non-hydrogen) atoms. The number of hydrogen-bond acceptors (Lipinski definition) is 9. The van der Waals surface area contributed by atoms with Crippen molar-refractivity contribution in [2.45, 2.75) is 45.1 Å². The molecule has 3 aromatic rings. The lowest BCUT2D eigenvalue weighted by Crippen LogP contribution is -2.44. The van der Waals surface area contributed by atoms with Crippen LogP contribution >= 0.6 is 0 Å². The van der Waals surface area contributed by atoms with Gasteiger partial charge < -0.3 is 35.0 Å². The van der Waals surface area contributed by atoms with Crippen molar-refractivity contribution in [3.05, 3.63) is 69.1 Å². The highest BCUT2D eigenvalue weighted by molar-refractivity contribution is 6.03. The van der Waals surface area contributed by atoms with Gasteiger partial charge in [-0.3, -0.25) is 14.4 Å². The summed E-state index contributed by atoms with van der Waals surface area (Å²) in [4.78, 5) is 42.2. The predicted octanol–water partition coefficient (Wildman–Crippen LogP) is 0.0561. The number of aliphatic hydroxyl groups is 4. The molecule has 0 aliphatic heterocycles. The van der Waals surface area contributed by atoms with Crippen LogP contribution in [0.2, 0.25) is 0 Å². The molecule has 11 nitrogen and oxygen atoms in total. The smallest absolute Gasteiger partial charge is 0.309 e. The van der Waals surface area contributed by atoms with Gasteiger partial charge >= 0.3 is 5.97 Å². The van der Waals surface area contributed by atoms with Crippen LogP contribution in [0.3, 0.4) is 0 Å². The second-order valence-corrected chi connectivity index (χ2v) is 8.52. The second kappa shape index (κ2) is 11.4. The molecule has 1 amide bonds. The minimum Gasteiger partial charge on any atom is -0.469 e. The summed E-state index contributed by atoms with van der Waals surface area (Å²) in [6.07, 6.45) is -4.97. The van der Waals surface area contributed by atoms with E-state index in [2.05, 4.69) is 15.0 Å². The van der Waals surface area contributed by atoms with Crippen molar-refractivity contribution in [3.63, 3.8) is 0 Å². The fourth-order valence-electron chi connectivity index (χ4n) is 3.67. The molecule has 0 bridgehead atoms. The molecule has 0 radical (unpaired) electrons. The molecular formula is C25H29N3O8. The zero-order valence-corrected chi connectivity index (χ0v) is 20.1. The number of nitrogens with one attached hydrogen (secondary N) is 1. The van der Waals surface area contributed by atoms with E-state index in [9.17, 15) is 29.7 Å². The zero-order chi connectivity index (χ0) is 26.6. The molecule has 0 saturated carbocycles. The SMILES string of the molecule is COC(=O)Cc1cccc(NC(=O)c2nc3cc(C)c(C)cc3n(C[C@H](O)[C@H](O)[C@H](O)CO)c2=O)c1. The normalized spacial score (nSPS) is 13.8. The van der Waals surface area contributed by atoms with Crippen LogP contribution in [-0.2, 0) is 22.5 Å². The largest absolute Gasteiger partial charge is 0.469 e. The number of benzene rings is 2. The van der Waals surface area contributed by atoms with E-state index in [1.54, 1.807) is 36.4 Å². The van der Waals surface area contributed by atoms with Gasteiger partial charge in [-0.25, -0.2) is 4.98 Å². The van der Waals surface area contributed by atoms with Crippen molar-refractivity contribution in [1.82, 2.24) is 9.55 Å². The number of aryl methyl sites for hydroxylation is 2. The first-order chi connectivity index (χ1) is 17.0. The van der Waals surface area contributed by atoms with Crippen LogP contribution in [0.15, 0.2) is 41.2 Å². The maximum Gasteiger partial charge on any atom is 0.309 e. The molecule has 0 aliphatic carbocycles. The number of carbonyl (C=O) groups is 2. The summed E-state index contributed by atoms with van der Waals surface area (Å²) >= 11 is 0. The van der Waals surface area contributed by atoms with Crippen molar-refractivity contribution in [3.8, 4) is 0 Å². The number of rotatable bonds is 9. The number of esters is 1. The summed E-state index contributed by atoms with van der Waals surface area (Å²) in [5.74, 6) is -1.26. The number of carbonyl (C=O) groups excluding carboxylic acids is 2. The van der Waals surface area contributed by atoms with E-state index in [4.69, 9.17) is 5.11 Å². The van der Waals surface area contributed by atoms with Gasteiger partial charge in [0.25, 0.3) is 11.5 Å². The highest BCUT2D eigenvalue weighted by Gasteiger charge is 2.27. The molecule has 0 unspecified atom stereocenters. The van der Waals surface area contributed by atoms with Gasteiger partial charge in [0.2, 0.25) is 0 Å². The van der Waals surface area contributed by atoms with Crippen molar-refractivity contribution in [1.29, 1.82) is 0 Å². The fourth-order valence-corrected chi connectivity index (χ4v) is 3.67. The number of hydrogen-bond donors (Lipinski definition) is 5. The Morgan fingerprint density at radius 3 is 2.44 bits per heavy atom. The highest BCUT2D eigenvalue weighted by atomic mass is 16.5. The average Bonchev–Trinajstić information content (AvgIpc) is 2.85. The Kier molecular flexibility index (Phi) is 8.53. The summed E-state index contributed by atoms with van der Waals surface area (Å²) in [7, 11) is 1.27. The Morgan fingerprint density at radius 2 is 1.78 bits per heavy atom. The number of aromatic nitrogens is 2. The lowest BCUT2D eigenvalue weighted by Gasteiger charge is -2.23. The standard InChI is InChI=1S/C25H29N3O8/c1-13-7-17-18(8-14(13)2)28(11-19(30)23(33)20(31)12-29)25(35)22(27-17)24(34)26-16-6-4-5-15(9-16)10-21(32)36-3/h4-9,19-20,23,29-31,33H,10-12H2,1-3H3,(H,26,34)/t19-,20+,23-/m0/s1. The lowest BCUT2D eigenvalue weighted by molar-refractivity contribution is -0.139. The predicted molar refractivity (Wildman–Crippen MR) is 131 cm³/mol. The van der Waals surface area contributed by atoms with Crippen LogP contribution < -0.4 is 10.9 Å². The first kappa shape index (κ1) is 27.0. The second-order valence-electron chi connectivity index (χ2n) is 8.52. The topological polar surface area (TPSA) is 171 Å². The van der Waals surface area contributed by atoms with E-state index in [1.807, 2.05) is 13.8 Å². The molecule has 2 aromatic carbocycles. The van der Waals surface area contributed by atoms with E-state index in [1.165, 1.54) is 7.11 Å². The molecule has 0 spiro atoms. The van der Waals surface area contributed by atoms with Gasteiger partial charge in [-0.2, -0.15) is 0 Å². The molecule has 0 fully saturated rings. The third kappa shape index (κ3) is 5.94. The quantitative estimate of drug-likeness (QED) is 0.255. The molecule has 0 saturated heterocycles. The summed E-state index contributed by atoms with van der Waals surface area (Å²) in [6, 6.07) is 9.85. The number of amides is 1. The Labute approximate surface area is 206 Å². The number of aliphatic hydroxyl groups excluding tert-OH is 4. The molecule has 192 valence electrons. The first-order valence-corrected chi connectivity index (χ1v) is 11.2. The van der Waals surface area contributed by atoms with Crippen LogP contribution in [0.25, 0.3) is 11.0 Å². The van der Waals surface area contributed by atoms with E-state index < -0.39 is 54.6 Å². The van der Waals surface area contributed by atoms with Gasteiger partial charge in [0, 0.05) is 5.69 Å². The van der Waals surface area contributed by atoms with Crippen molar-refractivity contribution in [2.24, 2.45) is 0 Å². The number of ether oxygens (including phenoxy) is 1. The maximum atomic E-state index is 13.3. The number of methoxy groups -OCH3 is 1. The van der Waals surface area contributed by atoms with Crippen LogP contribution in [0, 0.1) is 13.8 Å². The summed E-state index contributed by atoms with van der Waals surface area (Å²) in [6.45, 7) is 2.42. The van der Waals surface area contributed by atoms with Gasteiger partial charge in [0.1, 0.15) is 18.3 Å². The van der Waals surface area contributed by atoms with E-state index >= 15 is 0 Å². The highest BCUT2D eigenvalue weighted by Crippen LogP contribution is 2.19. The minimum absolute atomic E-state index is 0.000224. The average molecular weight is 500 g/mol. The van der Waals surface area contributed by atoms with Gasteiger partial charge in [-0.1, -0.05) is 12.1 Å². The maximum absolute atomic E-state index is 13.3. The first-order valence-electron chi connectivity index (χ1n) is 11.2. The van der Waals surface area contributed by atoms with Crippen molar-refractivity contribution < 1.29 is 34.8 Å². The Bertz CT molecular complexity index is 1340. The van der Waals surface area contributed by atoms with Crippen molar-refractivity contribution in [2.75, 3.05) is 19.0 Å². The summed E-state index contributed by atoms with van der Waals surface area (Å²) in [5, 5.41) is 41.9. The van der Waals surface area contributed by atoms with Crippen LogP contribution in [0.1, 0.15) is 27.2 Å². The molecule has 11 heteroatoms. The Morgan fingerprint density at radius 1 is 1.08 bits per heavy atom. The third-order valence-corrected chi connectivity index (χ3v) is 5.88. The number of nitrogens with zero attached hydrogens (tertiary/aromatic N) is 2. The fraction of sp³-hybridized carbons (Fsp3) is 0.360. The Balaban J connectivity index is 2.03. The Hall–Kier alpha value is -3.64. The minimum atomic E-state index is -1.73. The molecule has 1 heterocycles. The van der Waals surface area contributed by atoms with E-state index in [0.717, 1.165) is 15.7 Å². The van der Waals surface area contributed by atoms with Crippen LogP contribution in [0.5, 0.6) is 0 Å². The monoisotopic (exact) mass is 499 g/mol. The summed E-state index contributed by atoms with van der Waals surface area (Å²) < 4.78 is 5.76. The summed E-state index contributed by atoms with van der Waals surface area (Å²) in [5.41, 5.74) is 1.98. The molecule has 0 aliphatic rings. The molecule has 5 N–H and O–H groups in total. The zero-order valence-electron chi connectivity index (χ0n) is 20.1. The van der Waals surface area contributed by atoms with Crippen LogP contribution in [0.4, 0.5) is 5.69 Å². The lowest BCUT2D eigenvalue weighted by atomic mass is 10.1. The molecule has 3 rings (SSSR count). The van der Waals surface area contributed by atoms with Crippen LogP contribution in [-0.4, -0.2) is 73.9 Å². The van der Waals surface area contributed by atoms with Gasteiger partial charge in [0.05, 0.1) is 37.7 Å². The van der Waals surface area contributed by atoms with E-state index in [-0.39, 0.29) is 6.42 Å².